The number of hydrogen-bond donors (Lipinski definition) is 1. The smallest absolute Gasteiger partial charge is 0.261 e. The number of halogens is 1. The topological polar surface area (TPSA) is 54.5 Å². The van der Waals surface area contributed by atoms with Crippen molar-refractivity contribution in [2.45, 2.75) is 46.3 Å². The van der Waals surface area contributed by atoms with Crippen LogP contribution in [0.1, 0.15) is 37.8 Å². The minimum atomic E-state index is -0.582. The summed E-state index contributed by atoms with van der Waals surface area (Å²) >= 11 is 3.47. The van der Waals surface area contributed by atoms with E-state index in [0.29, 0.717) is 12.3 Å². The third kappa shape index (κ3) is 5.47. The fourth-order valence-corrected chi connectivity index (χ4v) is 3.81. The molecule has 0 radical (unpaired) electrons. The molecule has 1 aliphatic rings. The molecular formula is C22H28BrN3O2. The number of nitrogens with zero attached hydrogens (tertiary/aromatic N) is 2. The molecule has 1 aliphatic heterocycles. The number of benzene rings is 1. The van der Waals surface area contributed by atoms with Crippen LogP contribution in [0.25, 0.3) is 0 Å². The Balaban J connectivity index is 1.49. The quantitative estimate of drug-likeness (QED) is 0.712. The second-order valence-electron chi connectivity index (χ2n) is 7.61. The SMILES string of the molecule is Cc1ccc(OC(C)C(=O)NCc2ccc(N3CCC(C)CC3)nc2)c(Br)c1. The maximum atomic E-state index is 12.4. The van der Waals surface area contributed by atoms with E-state index in [2.05, 4.69) is 38.1 Å². The molecular weight excluding hydrogens is 418 g/mol. The first-order valence-corrected chi connectivity index (χ1v) is 10.6. The minimum Gasteiger partial charge on any atom is -0.480 e. The molecule has 1 aromatic heterocycles. The van der Waals surface area contributed by atoms with Gasteiger partial charge in [-0.25, -0.2) is 4.98 Å². The van der Waals surface area contributed by atoms with Gasteiger partial charge in [0, 0.05) is 25.8 Å². The second-order valence-corrected chi connectivity index (χ2v) is 8.46. The molecule has 1 atom stereocenters. The molecule has 1 unspecified atom stereocenters. The number of carbonyl (C=O) groups excluding carboxylic acids is 1. The molecule has 1 N–H and O–H groups in total. The van der Waals surface area contributed by atoms with E-state index < -0.39 is 6.10 Å². The van der Waals surface area contributed by atoms with Gasteiger partial charge in [0.05, 0.1) is 4.47 Å². The van der Waals surface area contributed by atoms with Crippen LogP contribution in [0, 0.1) is 12.8 Å². The van der Waals surface area contributed by atoms with Gasteiger partial charge in [0.15, 0.2) is 6.10 Å². The Morgan fingerprint density at radius 2 is 2.07 bits per heavy atom. The van der Waals surface area contributed by atoms with Crippen LogP contribution in [0.4, 0.5) is 5.82 Å². The summed E-state index contributed by atoms with van der Waals surface area (Å²) in [6.45, 7) is 8.63. The highest BCUT2D eigenvalue weighted by Crippen LogP contribution is 2.26. The van der Waals surface area contributed by atoms with E-state index >= 15 is 0 Å². The lowest BCUT2D eigenvalue weighted by molar-refractivity contribution is -0.127. The van der Waals surface area contributed by atoms with Crippen LogP contribution >= 0.6 is 15.9 Å². The number of anilines is 1. The van der Waals surface area contributed by atoms with Crippen molar-refractivity contribution in [3.63, 3.8) is 0 Å². The number of rotatable bonds is 6. The Hall–Kier alpha value is -2.08. The van der Waals surface area contributed by atoms with Crippen LogP contribution in [0.5, 0.6) is 5.75 Å². The Labute approximate surface area is 175 Å². The lowest BCUT2D eigenvalue weighted by Crippen LogP contribution is -2.36. The Kier molecular flexibility index (Phi) is 6.94. The fraction of sp³-hybridized carbons (Fsp3) is 0.455. The summed E-state index contributed by atoms with van der Waals surface area (Å²) in [5.41, 5.74) is 2.11. The number of amides is 1. The summed E-state index contributed by atoms with van der Waals surface area (Å²) in [5, 5.41) is 2.92. The van der Waals surface area contributed by atoms with Crippen molar-refractivity contribution < 1.29 is 9.53 Å². The van der Waals surface area contributed by atoms with Gasteiger partial charge in [-0.1, -0.05) is 19.1 Å². The highest BCUT2D eigenvalue weighted by atomic mass is 79.9. The summed E-state index contributed by atoms with van der Waals surface area (Å²) in [5.74, 6) is 2.33. The minimum absolute atomic E-state index is 0.151. The number of aromatic nitrogens is 1. The van der Waals surface area contributed by atoms with E-state index in [4.69, 9.17) is 4.74 Å². The van der Waals surface area contributed by atoms with E-state index in [9.17, 15) is 4.79 Å². The molecule has 1 aromatic carbocycles. The molecule has 1 fully saturated rings. The monoisotopic (exact) mass is 445 g/mol. The molecule has 0 spiro atoms. The first-order chi connectivity index (χ1) is 13.4. The first-order valence-electron chi connectivity index (χ1n) is 9.83. The van der Waals surface area contributed by atoms with Gasteiger partial charge in [0.1, 0.15) is 11.6 Å². The summed E-state index contributed by atoms with van der Waals surface area (Å²) in [7, 11) is 0. The molecule has 2 heterocycles. The second kappa shape index (κ2) is 9.41. The molecule has 1 saturated heterocycles. The van der Waals surface area contributed by atoms with E-state index in [1.807, 2.05) is 43.5 Å². The average Bonchev–Trinajstić information content (AvgIpc) is 2.69. The van der Waals surface area contributed by atoms with E-state index in [0.717, 1.165) is 40.4 Å². The summed E-state index contributed by atoms with van der Waals surface area (Å²) < 4.78 is 6.62. The predicted octanol–water partition coefficient (Wildman–Crippen LogP) is 4.47. The van der Waals surface area contributed by atoms with Crippen LogP contribution in [-0.4, -0.2) is 30.1 Å². The zero-order valence-corrected chi connectivity index (χ0v) is 18.3. The van der Waals surface area contributed by atoms with Crippen LogP contribution in [0.15, 0.2) is 41.0 Å². The van der Waals surface area contributed by atoms with Crippen molar-refractivity contribution in [2.75, 3.05) is 18.0 Å². The van der Waals surface area contributed by atoms with Gasteiger partial charge in [0.25, 0.3) is 5.91 Å². The molecule has 1 amide bonds. The fourth-order valence-electron chi connectivity index (χ4n) is 3.22. The first kappa shape index (κ1) is 20.6. The number of pyridine rings is 1. The molecule has 0 saturated carbocycles. The molecule has 3 rings (SSSR count). The molecule has 0 aliphatic carbocycles. The largest absolute Gasteiger partial charge is 0.480 e. The van der Waals surface area contributed by atoms with Gasteiger partial charge in [-0.3, -0.25) is 4.79 Å². The van der Waals surface area contributed by atoms with E-state index in [1.165, 1.54) is 12.8 Å². The summed E-state index contributed by atoms with van der Waals surface area (Å²) in [6.07, 6.45) is 3.69. The summed E-state index contributed by atoms with van der Waals surface area (Å²) in [6, 6.07) is 9.87. The normalized spacial score (nSPS) is 15.9. The van der Waals surface area contributed by atoms with Crippen molar-refractivity contribution >= 4 is 27.7 Å². The number of nitrogens with one attached hydrogen (secondary N) is 1. The van der Waals surface area contributed by atoms with E-state index in [-0.39, 0.29) is 5.91 Å². The number of piperidine rings is 1. The van der Waals surface area contributed by atoms with Gasteiger partial charge in [-0.05, 0) is 77.9 Å². The van der Waals surface area contributed by atoms with Crippen LogP contribution in [-0.2, 0) is 11.3 Å². The van der Waals surface area contributed by atoms with Crippen LogP contribution in [0.3, 0.4) is 0 Å². The molecule has 0 bridgehead atoms. The van der Waals surface area contributed by atoms with Gasteiger partial charge in [-0.2, -0.15) is 0 Å². The third-order valence-electron chi connectivity index (χ3n) is 5.14. The van der Waals surface area contributed by atoms with E-state index in [1.54, 1.807) is 6.92 Å². The predicted molar refractivity (Wildman–Crippen MR) is 116 cm³/mol. The highest BCUT2D eigenvalue weighted by Gasteiger charge is 2.18. The van der Waals surface area contributed by atoms with Crippen molar-refractivity contribution in [2.24, 2.45) is 5.92 Å². The number of hydrogen-bond acceptors (Lipinski definition) is 4. The van der Waals surface area contributed by atoms with Gasteiger partial charge in [0.2, 0.25) is 0 Å². The Morgan fingerprint density at radius 3 is 2.71 bits per heavy atom. The number of carbonyl (C=O) groups is 1. The lowest BCUT2D eigenvalue weighted by Gasteiger charge is -2.31. The Bertz CT molecular complexity index is 802. The van der Waals surface area contributed by atoms with Crippen molar-refractivity contribution in [3.05, 3.63) is 52.1 Å². The zero-order valence-electron chi connectivity index (χ0n) is 16.7. The van der Waals surface area contributed by atoms with Crippen LogP contribution < -0.4 is 15.0 Å². The lowest BCUT2D eigenvalue weighted by atomic mass is 9.99. The molecule has 28 heavy (non-hydrogen) atoms. The maximum Gasteiger partial charge on any atom is 0.261 e. The molecule has 2 aromatic rings. The highest BCUT2D eigenvalue weighted by molar-refractivity contribution is 9.10. The number of ether oxygens (including phenoxy) is 1. The van der Waals surface area contributed by atoms with Gasteiger partial charge in [-0.15, -0.1) is 0 Å². The molecule has 5 nitrogen and oxygen atoms in total. The summed E-state index contributed by atoms with van der Waals surface area (Å²) in [4.78, 5) is 19.3. The van der Waals surface area contributed by atoms with Crippen LogP contribution in [0.2, 0.25) is 0 Å². The van der Waals surface area contributed by atoms with Gasteiger partial charge < -0.3 is 15.0 Å². The maximum absolute atomic E-state index is 12.4. The van der Waals surface area contributed by atoms with Crippen molar-refractivity contribution in [3.8, 4) is 5.75 Å². The Morgan fingerprint density at radius 1 is 1.32 bits per heavy atom. The van der Waals surface area contributed by atoms with Crippen molar-refractivity contribution in [1.82, 2.24) is 10.3 Å². The standard InChI is InChI=1S/C22H28BrN3O2/c1-15-8-10-26(11-9-15)21-7-5-18(13-24-21)14-25-22(27)17(3)28-20-6-4-16(2)12-19(20)23/h4-7,12-13,15,17H,8-11,14H2,1-3H3,(H,25,27). The van der Waals surface area contributed by atoms with Gasteiger partial charge >= 0.3 is 0 Å². The average molecular weight is 446 g/mol. The number of aryl methyl sites for hydroxylation is 1. The molecule has 150 valence electrons. The molecule has 6 heteroatoms. The zero-order chi connectivity index (χ0) is 20.1. The van der Waals surface area contributed by atoms with Crippen molar-refractivity contribution in [1.29, 1.82) is 0 Å². The third-order valence-corrected chi connectivity index (χ3v) is 5.76.